The molecule has 0 bridgehead atoms. The Hall–Kier alpha value is -1.59. The van der Waals surface area contributed by atoms with Crippen LogP contribution in [0.25, 0.3) is 0 Å². The van der Waals surface area contributed by atoms with Crippen LogP contribution in [0, 0.1) is 5.82 Å². The van der Waals surface area contributed by atoms with Gasteiger partial charge in [0.25, 0.3) is 5.91 Å². The van der Waals surface area contributed by atoms with Crippen LogP contribution in [-0.4, -0.2) is 50.2 Å². The minimum Gasteiger partial charge on any atom is -0.371 e. The molecule has 1 unspecified atom stereocenters. The maximum absolute atomic E-state index is 13.5. The topological polar surface area (TPSA) is 32.8 Å². The Morgan fingerprint density at radius 3 is 2.52 bits per heavy atom. The van der Waals surface area contributed by atoms with Crippen LogP contribution in [0.1, 0.15) is 13.3 Å². The van der Waals surface area contributed by atoms with Gasteiger partial charge in [-0.05, 0) is 25.1 Å². The molecule has 1 aromatic rings. The van der Waals surface area contributed by atoms with Gasteiger partial charge in [-0.25, -0.2) is 4.39 Å². The summed E-state index contributed by atoms with van der Waals surface area (Å²) in [5.41, 5.74) is 1.66. The van der Waals surface area contributed by atoms with E-state index in [4.69, 9.17) is 16.3 Å². The molecule has 1 fully saturated rings. The van der Waals surface area contributed by atoms with Crippen molar-refractivity contribution in [3.63, 3.8) is 0 Å². The highest BCUT2D eigenvalue weighted by molar-refractivity contribution is 6.30. The Morgan fingerprint density at radius 1 is 1.35 bits per heavy atom. The minimum atomic E-state index is -0.484. The number of hydrogen-bond acceptors (Lipinski definition) is 3. The van der Waals surface area contributed by atoms with E-state index in [2.05, 4.69) is 6.58 Å². The molecule has 6 heteroatoms. The van der Waals surface area contributed by atoms with E-state index < -0.39 is 6.10 Å². The van der Waals surface area contributed by atoms with Crippen LogP contribution in [0.4, 0.5) is 10.1 Å². The monoisotopic (exact) mass is 340 g/mol. The molecule has 0 saturated carbocycles. The summed E-state index contributed by atoms with van der Waals surface area (Å²) in [7, 11) is 1.54. The summed E-state index contributed by atoms with van der Waals surface area (Å²) in [5, 5.41) is 0.374. The molecule has 1 aliphatic rings. The summed E-state index contributed by atoms with van der Waals surface area (Å²) in [5.74, 6) is -0.376. The third-order valence-corrected chi connectivity index (χ3v) is 4.12. The highest BCUT2D eigenvalue weighted by Gasteiger charge is 2.27. The molecule has 1 aromatic carbocycles. The minimum absolute atomic E-state index is 0.0209. The molecule has 0 N–H and O–H groups in total. The average Bonchev–Trinajstić information content (AvgIpc) is 2.51. The highest BCUT2D eigenvalue weighted by Crippen LogP contribution is 2.23. The van der Waals surface area contributed by atoms with Gasteiger partial charge in [-0.15, -0.1) is 6.58 Å². The molecule has 0 radical (unpaired) electrons. The molecule has 1 heterocycles. The van der Waals surface area contributed by atoms with Crippen molar-refractivity contribution in [1.82, 2.24) is 4.90 Å². The first-order valence-corrected chi connectivity index (χ1v) is 7.95. The second-order valence-corrected chi connectivity index (χ2v) is 6.26. The first-order valence-electron chi connectivity index (χ1n) is 7.57. The number of methoxy groups -OCH3 is 1. The zero-order valence-corrected chi connectivity index (χ0v) is 14.3. The number of amides is 1. The quantitative estimate of drug-likeness (QED) is 0.772. The smallest absolute Gasteiger partial charge is 0.252 e. The summed E-state index contributed by atoms with van der Waals surface area (Å²) >= 11 is 5.90. The number of benzene rings is 1. The zero-order chi connectivity index (χ0) is 17.0. The normalized spacial score (nSPS) is 16.3. The number of halogens is 2. The standard InChI is InChI=1S/C17H22ClFN2O2/c1-12(2)8-16(23-3)17(22)21-6-4-20(5-7-21)15-10-13(18)9-14(19)11-15/h9-11,16H,1,4-8H2,2-3H3. The Kier molecular flexibility index (Phi) is 6.02. The molecule has 126 valence electrons. The van der Waals surface area contributed by atoms with Crippen molar-refractivity contribution in [2.75, 3.05) is 38.2 Å². The van der Waals surface area contributed by atoms with Gasteiger partial charge in [0.15, 0.2) is 0 Å². The first-order chi connectivity index (χ1) is 10.9. The summed E-state index contributed by atoms with van der Waals surface area (Å²) in [6, 6.07) is 4.48. The summed E-state index contributed by atoms with van der Waals surface area (Å²) < 4.78 is 18.7. The van der Waals surface area contributed by atoms with Crippen molar-refractivity contribution >= 4 is 23.2 Å². The van der Waals surface area contributed by atoms with Crippen LogP contribution >= 0.6 is 11.6 Å². The molecule has 1 saturated heterocycles. The van der Waals surface area contributed by atoms with E-state index in [1.54, 1.807) is 11.0 Å². The number of piperazine rings is 1. The third kappa shape index (κ3) is 4.69. The molecular weight excluding hydrogens is 319 g/mol. The van der Waals surface area contributed by atoms with Crippen LogP contribution in [-0.2, 0) is 9.53 Å². The van der Waals surface area contributed by atoms with Gasteiger partial charge < -0.3 is 14.5 Å². The Morgan fingerprint density at radius 2 is 2.00 bits per heavy atom. The maximum Gasteiger partial charge on any atom is 0.252 e. The van der Waals surface area contributed by atoms with Gasteiger partial charge >= 0.3 is 0 Å². The number of rotatable bonds is 5. The fraction of sp³-hybridized carbons (Fsp3) is 0.471. The van der Waals surface area contributed by atoms with Gasteiger partial charge in [0.05, 0.1) is 0 Å². The Bertz CT molecular complexity index is 566. The Balaban J connectivity index is 1.97. The van der Waals surface area contributed by atoms with E-state index >= 15 is 0 Å². The highest BCUT2D eigenvalue weighted by atomic mass is 35.5. The molecule has 4 nitrogen and oxygen atoms in total. The Labute approximate surface area is 141 Å². The number of ether oxygens (including phenoxy) is 1. The van der Waals surface area contributed by atoms with Crippen LogP contribution in [0.15, 0.2) is 30.4 Å². The lowest BCUT2D eigenvalue weighted by Gasteiger charge is -2.37. The van der Waals surface area contributed by atoms with E-state index in [1.165, 1.54) is 19.2 Å². The molecule has 1 atom stereocenters. The number of carbonyl (C=O) groups excluding carboxylic acids is 1. The fourth-order valence-corrected chi connectivity index (χ4v) is 2.91. The van der Waals surface area contributed by atoms with Gasteiger partial charge in [0, 0.05) is 50.4 Å². The van der Waals surface area contributed by atoms with Gasteiger partial charge in [0.2, 0.25) is 0 Å². The molecule has 1 aliphatic heterocycles. The number of nitrogens with zero attached hydrogens (tertiary/aromatic N) is 2. The first kappa shape index (κ1) is 17.8. The van der Waals surface area contributed by atoms with Crippen LogP contribution in [0.2, 0.25) is 5.02 Å². The van der Waals surface area contributed by atoms with Crippen molar-refractivity contribution in [3.8, 4) is 0 Å². The molecule has 0 spiro atoms. The number of anilines is 1. The molecule has 0 aromatic heterocycles. The van der Waals surface area contributed by atoms with Gasteiger partial charge in [0.1, 0.15) is 11.9 Å². The summed E-state index contributed by atoms with van der Waals surface area (Å²) in [6.07, 6.45) is 0.0392. The van der Waals surface area contributed by atoms with Crippen molar-refractivity contribution in [2.45, 2.75) is 19.4 Å². The van der Waals surface area contributed by atoms with Crippen molar-refractivity contribution in [1.29, 1.82) is 0 Å². The lowest BCUT2D eigenvalue weighted by Crippen LogP contribution is -2.51. The summed E-state index contributed by atoms with van der Waals surface area (Å²) in [6.45, 7) is 8.12. The van der Waals surface area contributed by atoms with Gasteiger partial charge in [-0.3, -0.25) is 4.79 Å². The maximum atomic E-state index is 13.5. The van der Waals surface area contributed by atoms with Crippen molar-refractivity contribution < 1.29 is 13.9 Å². The van der Waals surface area contributed by atoms with E-state index in [9.17, 15) is 9.18 Å². The second-order valence-electron chi connectivity index (χ2n) is 5.83. The number of hydrogen-bond donors (Lipinski definition) is 0. The molecular formula is C17H22ClFN2O2. The predicted molar refractivity (Wildman–Crippen MR) is 90.4 cm³/mol. The van der Waals surface area contributed by atoms with Crippen LogP contribution in [0.3, 0.4) is 0 Å². The SMILES string of the molecule is C=C(C)CC(OC)C(=O)N1CCN(c2cc(F)cc(Cl)c2)CC1. The van der Waals surface area contributed by atoms with E-state index in [1.807, 2.05) is 11.8 Å². The predicted octanol–water partition coefficient (Wildman–Crippen LogP) is 3.11. The van der Waals surface area contributed by atoms with Crippen LogP contribution < -0.4 is 4.90 Å². The lowest BCUT2D eigenvalue weighted by atomic mass is 10.1. The van der Waals surface area contributed by atoms with Gasteiger partial charge in [-0.1, -0.05) is 17.2 Å². The number of carbonyl (C=O) groups is 1. The molecule has 23 heavy (non-hydrogen) atoms. The second kappa shape index (κ2) is 7.79. The van der Waals surface area contributed by atoms with Gasteiger partial charge in [-0.2, -0.15) is 0 Å². The largest absolute Gasteiger partial charge is 0.371 e. The third-order valence-electron chi connectivity index (χ3n) is 3.90. The van der Waals surface area contributed by atoms with Crippen molar-refractivity contribution in [2.24, 2.45) is 0 Å². The lowest BCUT2D eigenvalue weighted by molar-refractivity contribution is -0.142. The van der Waals surface area contributed by atoms with E-state index in [0.29, 0.717) is 37.6 Å². The fourth-order valence-electron chi connectivity index (χ4n) is 2.70. The van der Waals surface area contributed by atoms with Crippen LogP contribution in [0.5, 0.6) is 0 Å². The summed E-state index contributed by atoms with van der Waals surface area (Å²) in [4.78, 5) is 16.3. The van der Waals surface area contributed by atoms with E-state index in [0.717, 1.165) is 11.3 Å². The molecule has 1 amide bonds. The zero-order valence-electron chi connectivity index (χ0n) is 13.5. The molecule has 2 rings (SSSR count). The molecule has 0 aliphatic carbocycles. The van der Waals surface area contributed by atoms with Crippen molar-refractivity contribution in [3.05, 3.63) is 41.2 Å². The van der Waals surface area contributed by atoms with E-state index in [-0.39, 0.29) is 11.7 Å². The average molecular weight is 341 g/mol.